The number of nitrogens with zero attached hydrogens (tertiary/aromatic N) is 1. The molecule has 0 radical (unpaired) electrons. The summed E-state index contributed by atoms with van der Waals surface area (Å²) in [6.07, 6.45) is -1.96. The molecule has 19 heavy (non-hydrogen) atoms. The second-order valence-electron chi connectivity index (χ2n) is 4.71. The van der Waals surface area contributed by atoms with Crippen molar-refractivity contribution in [1.82, 2.24) is 4.90 Å². The number of rotatable bonds is 3. The molecular weight excluding hydrogens is 256 g/mol. The normalized spacial score (nSPS) is 32.5. The molecule has 0 aromatic heterocycles. The summed E-state index contributed by atoms with van der Waals surface area (Å²) < 4.78 is 32.8. The number of fused-ring (bicyclic) bond motifs is 1. The highest BCUT2D eigenvalue weighted by Crippen LogP contribution is 2.52. The quantitative estimate of drug-likeness (QED) is 0.470. The zero-order valence-corrected chi connectivity index (χ0v) is 10.1. The van der Waals surface area contributed by atoms with E-state index >= 15 is 0 Å². The second kappa shape index (κ2) is 3.76. The molecule has 1 aromatic rings. The first-order chi connectivity index (χ1) is 9.00. The molecular formula is C13H11F2NO3. The van der Waals surface area contributed by atoms with E-state index in [4.69, 9.17) is 4.74 Å². The predicted octanol–water partition coefficient (Wildman–Crippen LogP) is 1.24. The molecule has 3 rings (SSSR count). The van der Waals surface area contributed by atoms with Gasteiger partial charge in [-0.25, -0.2) is 13.7 Å². The van der Waals surface area contributed by atoms with Crippen LogP contribution in [0.1, 0.15) is 5.56 Å². The van der Waals surface area contributed by atoms with Crippen LogP contribution in [0.5, 0.6) is 5.75 Å². The summed E-state index contributed by atoms with van der Waals surface area (Å²) in [6, 6.07) is 6.65. The topological polar surface area (TPSA) is 46.4 Å². The number of piperidine rings is 1. The lowest BCUT2D eigenvalue weighted by molar-refractivity contribution is -0.134. The summed E-state index contributed by atoms with van der Waals surface area (Å²) in [4.78, 5) is 22.9. The summed E-state index contributed by atoms with van der Waals surface area (Å²) in [5.41, 5.74) is 0.653. The van der Waals surface area contributed by atoms with Crippen molar-refractivity contribution in [3.8, 4) is 5.75 Å². The van der Waals surface area contributed by atoms with Crippen molar-refractivity contribution >= 4 is 11.8 Å². The molecule has 3 atom stereocenters. The van der Waals surface area contributed by atoms with Gasteiger partial charge < -0.3 is 4.74 Å². The van der Waals surface area contributed by atoms with Crippen molar-refractivity contribution in [2.75, 3.05) is 7.11 Å². The maximum absolute atomic E-state index is 14.2. The molecule has 2 heterocycles. The number of hydrogen-bond acceptors (Lipinski definition) is 3. The van der Waals surface area contributed by atoms with E-state index < -0.39 is 29.7 Å². The van der Waals surface area contributed by atoms with Gasteiger partial charge in [0, 0.05) is 0 Å². The van der Waals surface area contributed by atoms with Crippen LogP contribution in [-0.4, -0.2) is 35.8 Å². The van der Waals surface area contributed by atoms with E-state index in [1.807, 2.05) is 0 Å². The number of hydrogen-bond donors (Lipinski definition) is 0. The highest BCUT2D eigenvalue weighted by molar-refractivity contribution is 6.18. The number of ether oxygens (including phenoxy) is 1. The zero-order valence-electron chi connectivity index (χ0n) is 10.1. The fourth-order valence-corrected chi connectivity index (χ4v) is 2.55. The average Bonchev–Trinajstić information content (AvgIpc) is 2.90. The van der Waals surface area contributed by atoms with E-state index in [-0.39, 0.29) is 6.42 Å². The minimum absolute atomic E-state index is 0.00432. The van der Waals surface area contributed by atoms with Gasteiger partial charge in [-0.2, -0.15) is 0 Å². The lowest BCUT2D eigenvalue weighted by Crippen LogP contribution is -2.31. The van der Waals surface area contributed by atoms with Crippen molar-refractivity contribution in [3.63, 3.8) is 0 Å². The average molecular weight is 267 g/mol. The highest BCUT2D eigenvalue weighted by Gasteiger charge is 2.80. The molecule has 0 N–H and O–H groups in total. The molecule has 100 valence electrons. The van der Waals surface area contributed by atoms with Crippen LogP contribution >= 0.6 is 0 Å². The first-order valence-corrected chi connectivity index (χ1v) is 5.84. The van der Waals surface area contributed by atoms with Gasteiger partial charge in [-0.15, -0.1) is 0 Å². The van der Waals surface area contributed by atoms with Crippen LogP contribution < -0.4 is 4.74 Å². The Morgan fingerprint density at radius 1 is 1.32 bits per heavy atom. The van der Waals surface area contributed by atoms with Gasteiger partial charge in [0.05, 0.1) is 13.0 Å². The maximum Gasteiger partial charge on any atom is 0.292 e. The standard InChI is InChI=1S/C13H11F2NO3/c1-19-8-4-2-7(3-5-8)6-9-10(14)11(17)16-12(18)13(9,16)15/h2-5,9-10H,6H2,1H3. The number of benzene rings is 1. The maximum atomic E-state index is 14.2. The summed E-state index contributed by atoms with van der Waals surface area (Å²) >= 11 is 0. The Hall–Kier alpha value is -1.98. The molecule has 2 aliphatic rings. The summed E-state index contributed by atoms with van der Waals surface area (Å²) in [5, 5.41) is 0. The molecule has 1 aromatic carbocycles. The third kappa shape index (κ3) is 1.49. The van der Waals surface area contributed by atoms with Crippen molar-refractivity contribution < 1.29 is 23.1 Å². The van der Waals surface area contributed by atoms with E-state index in [0.29, 0.717) is 16.2 Å². The molecule has 2 saturated heterocycles. The highest BCUT2D eigenvalue weighted by atomic mass is 19.2. The van der Waals surface area contributed by atoms with Crippen LogP contribution in [-0.2, 0) is 16.0 Å². The van der Waals surface area contributed by atoms with Crippen molar-refractivity contribution in [2.45, 2.75) is 18.4 Å². The van der Waals surface area contributed by atoms with Crippen LogP contribution in [0.25, 0.3) is 0 Å². The summed E-state index contributed by atoms with van der Waals surface area (Å²) in [7, 11) is 1.51. The molecule has 4 nitrogen and oxygen atoms in total. The Balaban J connectivity index is 1.82. The molecule has 0 spiro atoms. The second-order valence-corrected chi connectivity index (χ2v) is 4.71. The van der Waals surface area contributed by atoms with Crippen LogP contribution in [0, 0.1) is 5.92 Å². The van der Waals surface area contributed by atoms with E-state index in [1.54, 1.807) is 24.3 Å². The van der Waals surface area contributed by atoms with Gasteiger partial charge in [-0.3, -0.25) is 9.59 Å². The Kier molecular flexibility index (Phi) is 2.39. The number of carbonyl (C=O) groups is 2. The van der Waals surface area contributed by atoms with Crippen LogP contribution in [0.4, 0.5) is 8.78 Å². The molecule has 0 aliphatic carbocycles. The lowest BCUT2D eigenvalue weighted by Gasteiger charge is -2.14. The number of alkyl halides is 2. The Morgan fingerprint density at radius 2 is 1.95 bits per heavy atom. The van der Waals surface area contributed by atoms with Crippen LogP contribution in [0.2, 0.25) is 0 Å². The van der Waals surface area contributed by atoms with E-state index in [0.717, 1.165) is 0 Å². The summed E-state index contributed by atoms with van der Waals surface area (Å²) in [5.74, 6) is -5.06. The van der Waals surface area contributed by atoms with Crippen molar-refractivity contribution in [2.24, 2.45) is 5.92 Å². The van der Waals surface area contributed by atoms with Crippen molar-refractivity contribution in [3.05, 3.63) is 29.8 Å². The molecule has 2 amide bonds. The number of amides is 2. The Bertz CT molecular complexity index is 560. The third-order valence-electron chi connectivity index (χ3n) is 3.69. The minimum atomic E-state index is -2.43. The lowest BCUT2D eigenvalue weighted by atomic mass is 9.91. The first-order valence-electron chi connectivity index (χ1n) is 5.84. The van der Waals surface area contributed by atoms with Gasteiger partial charge in [0.2, 0.25) is 0 Å². The van der Waals surface area contributed by atoms with Crippen LogP contribution in [0.15, 0.2) is 24.3 Å². The zero-order chi connectivity index (χ0) is 13.8. The van der Waals surface area contributed by atoms with Gasteiger partial charge in [0.1, 0.15) is 5.75 Å². The van der Waals surface area contributed by atoms with Crippen molar-refractivity contribution in [1.29, 1.82) is 0 Å². The fraction of sp³-hybridized carbons (Fsp3) is 0.385. The number of halogens is 2. The number of carbonyl (C=O) groups excluding carboxylic acids is 2. The number of methoxy groups -OCH3 is 1. The largest absolute Gasteiger partial charge is 0.497 e. The molecule has 6 heteroatoms. The Labute approximate surface area is 108 Å². The van der Waals surface area contributed by atoms with Crippen LogP contribution in [0.3, 0.4) is 0 Å². The molecule has 2 fully saturated rings. The number of imide groups is 1. The van der Waals surface area contributed by atoms with Gasteiger partial charge in [-0.05, 0) is 24.1 Å². The Morgan fingerprint density at radius 3 is 2.47 bits per heavy atom. The monoisotopic (exact) mass is 267 g/mol. The summed E-state index contributed by atoms with van der Waals surface area (Å²) in [6.45, 7) is 0. The van der Waals surface area contributed by atoms with Gasteiger partial charge in [0.15, 0.2) is 6.17 Å². The molecule has 3 unspecified atom stereocenters. The molecule has 0 bridgehead atoms. The molecule has 0 saturated carbocycles. The van der Waals surface area contributed by atoms with Gasteiger partial charge in [0.25, 0.3) is 17.6 Å². The van der Waals surface area contributed by atoms with E-state index in [9.17, 15) is 18.4 Å². The SMILES string of the molecule is COc1ccc(CC2C(F)C(=O)N3C(=O)C23F)cc1. The fourth-order valence-electron chi connectivity index (χ4n) is 2.55. The predicted molar refractivity (Wildman–Crippen MR) is 60.8 cm³/mol. The van der Waals surface area contributed by atoms with E-state index in [1.165, 1.54) is 7.11 Å². The smallest absolute Gasteiger partial charge is 0.292 e. The van der Waals surface area contributed by atoms with E-state index in [2.05, 4.69) is 0 Å². The van der Waals surface area contributed by atoms with Gasteiger partial charge in [-0.1, -0.05) is 12.1 Å². The first kappa shape index (κ1) is 12.1. The third-order valence-corrected chi connectivity index (χ3v) is 3.69. The van der Waals surface area contributed by atoms with Gasteiger partial charge >= 0.3 is 0 Å². The minimum Gasteiger partial charge on any atom is -0.497 e. The molecule has 2 aliphatic heterocycles.